The molecule has 1 N–H and O–H groups in total. The van der Waals surface area contributed by atoms with Gasteiger partial charge in [0, 0.05) is 10.7 Å². The summed E-state index contributed by atoms with van der Waals surface area (Å²) in [5.41, 5.74) is 0.517. The van der Waals surface area contributed by atoms with Gasteiger partial charge in [-0.2, -0.15) is 0 Å². The van der Waals surface area contributed by atoms with Crippen LogP contribution in [-0.2, 0) is 0 Å². The minimum Gasteiger partial charge on any atom is -0.318 e. The second-order valence-electron chi connectivity index (χ2n) is 3.19. The SMILES string of the molecule is O=C(Nc1cc(Br)cnc1Cl)c1ccc(Cl)nn1. The van der Waals surface area contributed by atoms with Crippen molar-refractivity contribution in [3.63, 3.8) is 0 Å². The van der Waals surface area contributed by atoms with Gasteiger partial charge in [0.2, 0.25) is 0 Å². The van der Waals surface area contributed by atoms with Gasteiger partial charge in [0.15, 0.2) is 16.0 Å². The van der Waals surface area contributed by atoms with Crippen LogP contribution in [0, 0.1) is 0 Å². The van der Waals surface area contributed by atoms with Crippen molar-refractivity contribution in [2.24, 2.45) is 0 Å². The second kappa shape index (κ2) is 5.60. The molecule has 1 amide bonds. The summed E-state index contributed by atoms with van der Waals surface area (Å²) in [6.45, 7) is 0. The van der Waals surface area contributed by atoms with E-state index in [1.807, 2.05) is 0 Å². The summed E-state index contributed by atoms with van der Waals surface area (Å²) in [7, 11) is 0. The van der Waals surface area contributed by atoms with Crippen molar-refractivity contribution in [3.05, 3.63) is 44.9 Å². The highest BCUT2D eigenvalue weighted by atomic mass is 79.9. The Balaban J connectivity index is 2.21. The Bertz CT molecular complexity index is 591. The lowest BCUT2D eigenvalue weighted by molar-refractivity contribution is 0.102. The van der Waals surface area contributed by atoms with Crippen molar-refractivity contribution >= 4 is 50.7 Å². The van der Waals surface area contributed by atoms with Crippen molar-refractivity contribution in [2.75, 3.05) is 5.32 Å². The van der Waals surface area contributed by atoms with Gasteiger partial charge in [-0.3, -0.25) is 4.79 Å². The lowest BCUT2D eigenvalue weighted by Crippen LogP contribution is -2.14. The van der Waals surface area contributed by atoms with Crippen LogP contribution >= 0.6 is 39.1 Å². The maximum atomic E-state index is 11.8. The molecule has 0 aliphatic heterocycles. The van der Waals surface area contributed by atoms with Crippen molar-refractivity contribution in [2.45, 2.75) is 0 Å². The van der Waals surface area contributed by atoms with Gasteiger partial charge in [0.05, 0.1) is 5.69 Å². The van der Waals surface area contributed by atoms with E-state index in [0.29, 0.717) is 10.2 Å². The third-order valence-corrected chi connectivity index (χ3v) is 2.85. The number of halogens is 3. The number of amides is 1. The Morgan fingerprint density at radius 3 is 2.72 bits per heavy atom. The molecule has 2 aromatic heterocycles. The lowest BCUT2D eigenvalue weighted by Gasteiger charge is -2.06. The van der Waals surface area contributed by atoms with Crippen LogP contribution in [0.4, 0.5) is 5.69 Å². The number of hydrogen-bond donors (Lipinski definition) is 1. The first-order valence-electron chi connectivity index (χ1n) is 4.68. The highest BCUT2D eigenvalue weighted by Crippen LogP contribution is 2.23. The Morgan fingerprint density at radius 1 is 1.28 bits per heavy atom. The van der Waals surface area contributed by atoms with Crippen LogP contribution in [0.5, 0.6) is 0 Å². The molecule has 18 heavy (non-hydrogen) atoms. The van der Waals surface area contributed by atoms with E-state index < -0.39 is 5.91 Å². The molecule has 0 saturated heterocycles. The van der Waals surface area contributed by atoms with Crippen LogP contribution in [0.1, 0.15) is 10.5 Å². The van der Waals surface area contributed by atoms with Gasteiger partial charge in [0.25, 0.3) is 5.91 Å². The van der Waals surface area contributed by atoms with Gasteiger partial charge in [-0.15, -0.1) is 10.2 Å². The fraction of sp³-hybridized carbons (Fsp3) is 0. The molecule has 0 bridgehead atoms. The van der Waals surface area contributed by atoms with Crippen LogP contribution < -0.4 is 5.32 Å². The zero-order chi connectivity index (χ0) is 13.1. The van der Waals surface area contributed by atoms with Crippen LogP contribution in [-0.4, -0.2) is 21.1 Å². The Kier molecular flexibility index (Phi) is 4.11. The standard InChI is InChI=1S/C10H5BrCl2N4O/c11-5-3-7(9(13)14-4-5)15-10(18)6-1-2-8(12)17-16-6/h1-4H,(H,15,18). The summed E-state index contributed by atoms with van der Waals surface area (Å²) >= 11 is 14.7. The summed E-state index contributed by atoms with van der Waals surface area (Å²) in [6.07, 6.45) is 1.53. The number of pyridine rings is 1. The number of carbonyl (C=O) groups is 1. The zero-order valence-electron chi connectivity index (χ0n) is 8.69. The number of anilines is 1. The molecule has 2 heterocycles. The van der Waals surface area contributed by atoms with Gasteiger partial charge < -0.3 is 5.32 Å². The molecule has 0 atom stereocenters. The summed E-state index contributed by atoms with van der Waals surface area (Å²) in [4.78, 5) is 15.7. The van der Waals surface area contributed by atoms with Crippen molar-refractivity contribution in [1.29, 1.82) is 0 Å². The molecule has 0 spiro atoms. The molecule has 0 aromatic carbocycles. The normalized spacial score (nSPS) is 10.2. The average Bonchev–Trinajstić information content (AvgIpc) is 2.34. The first kappa shape index (κ1) is 13.2. The number of aromatic nitrogens is 3. The predicted molar refractivity (Wildman–Crippen MR) is 71.9 cm³/mol. The molecule has 0 fully saturated rings. The van der Waals surface area contributed by atoms with E-state index in [9.17, 15) is 4.79 Å². The Labute approximate surface area is 121 Å². The molecule has 0 saturated carbocycles. The minimum absolute atomic E-state index is 0.135. The van der Waals surface area contributed by atoms with Crippen molar-refractivity contribution < 1.29 is 4.79 Å². The molecule has 0 unspecified atom stereocenters. The molecule has 2 aromatic rings. The number of rotatable bonds is 2. The van der Waals surface area contributed by atoms with Crippen molar-refractivity contribution in [3.8, 4) is 0 Å². The molecule has 8 heteroatoms. The van der Waals surface area contributed by atoms with E-state index in [4.69, 9.17) is 23.2 Å². The fourth-order valence-electron chi connectivity index (χ4n) is 1.13. The second-order valence-corrected chi connectivity index (χ2v) is 4.85. The molecule has 5 nitrogen and oxygen atoms in total. The maximum Gasteiger partial charge on any atom is 0.276 e. The topological polar surface area (TPSA) is 67.8 Å². The Hall–Kier alpha value is -1.24. The minimum atomic E-state index is -0.444. The number of carbonyl (C=O) groups excluding carboxylic acids is 1. The van der Waals surface area contributed by atoms with Gasteiger partial charge in [-0.1, -0.05) is 23.2 Å². The average molecular weight is 348 g/mol. The van der Waals surface area contributed by atoms with Gasteiger partial charge in [-0.05, 0) is 34.1 Å². The predicted octanol–water partition coefficient (Wildman–Crippen LogP) is 3.19. The third-order valence-electron chi connectivity index (χ3n) is 1.92. The largest absolute Gasteiger partial charge is 0.318 e. The zero-order valence-corrected chi connectivity index (χ0v) is 11.8. The molecule has 0 aliphatic rings. The number of nitrogens with zero attached hydrogens (tertiary/aromatic N) is 3. The quantitative estimate of drug-likeness (QED) is 0.847. The smallest absolute Gasteiger partial charge is 0.276 e. The van der Waals surface area contributed by atoms with Crippen molar-refractivity contribution in [1.82, 2.24) is 15.2 Å². The Morgan fingerprint density at radius 2 is 2.06 bits per heavy atom. The summed E-state index contributed by atoms with van der Waals surface area (Å²) in [5, 5.41) is 10.2. The molecule has 92 valence electrons. The highest BCUT2D eigenvalue weighted by molar-refractivity contribution is 9.10. The van der Waals surface area contributed by atoms with E-state index in [-0.39, 0.29) is 16.0 Å². The van der Waals surface area contributed by atoms with Crippen LogP contribution in [0.25, 0.3) is 0 Å². The fourth-order valence-corrected chi connectivity index (χ4v) is 1.72. The van der Waals surface area contributed by atoms with Crippen LogP contribution in [0.3, 0.4) is 0 Å². The van der Waals surface area contributed by atoms with Gasteiger partial charge in [-0.25, -0.2) is 4.98 Å². The summed E-state index contributed by atoms with van der Waals surface area (Å²) < 4.78 is 0.699. The summed E-state index contributed by atoms with van der Waals surface area (Å²) in [6, 6.07) is 4.57. The lowest BCUT2D eigenvalue weighted by atomic mass is 10.3. The van der Waals surface area contributed by atoms with E-state index in [0.717, 1.165) is 0 Å². The summed E-state index contributed by atoms with van der Waals surface area (Å²) in [5.74, 6) is -0.444. The van der Waals surface area contributed by atoms with Gasteiger partial charge >= 0.3 is 0 Å². The first-order chi connectivity index (χ1) is 8.56. The molecule has 0 aliphatic carbocycles. The number of nitrogens with one attached hydrogen (secondary N) is 1. The monoisotopic (exact) mass is 346 g/mol. The van der Waals surface area contributed by atoms with Crippen LogP contribution in [0.15, 0.2) is 28.9 Å². The van der Waals surface area contributed by atoms with Gasteiger partial charge in [0.1, 0.15) is 0 Å². The van der Waals surface area contributed by atoms with E-state index in [2.05, 4.69) is 36.4 Å². The first-order valence-corrected chi connectivity index (χ1v) is 6.23. The highest BCUT2D eigenvalue weighted by Gasteiger charge is 2.11. The molecule has 2 rings (SSSR count). The third kappa shape index (κ3) is 3.16. The molecule has 0 radical (unpaired) electrons. The molecular formula is C10H5BrCl2N4O. The van der Waals surface area contributed by atoms with E-state index in [1.165, 1.54) is 18.3 Å². The van der Waals surface area contributed by atoms with E-state index in [1.54, 1.807) is 6.07 Å². The molecular weight excluding hydrogens is 343 g/mol. The maximum absolute atomic E-state index is 11.8. The van der Waals surface area contributed by atoms with E-state index >= 15 is 0 Å². The number of hydrogen-bond acceptors (Lipinski definition) is 4. The van der Waals surface area contributed by atoms with Crippen LogP contribution in [0.2, 0.25) is 10.3 Å².